The maximum absolute atomic E-state index is 13.3. The van der Waals surface area contributed by atoms with Crippen LogP contribution in [0.1, 0.15) is 40.2 Å². The third-order valence-electron chi connectivity index (χ3n) is 5.94. The molecular weight excluding hydrogens is 532 g/mol. The molecule has 0 saturated carbocycles. The molecule has 34 heavy (non-hydrogen) atoms. The van der Waals surface area contributed by atoms with E-state index < -0.39 is 60.4 Å². The van der Waals surface area contributed by atoms with E-state index in [0.717, 1.165) is 10.5 Å². The number of alkyl halides is 1. The molecule has 10 nitrogen and oxygen atoms in total. The second-order valence-electron chi connectivity index (χ2n) is 9.84. The molecule has 1 aromatic carbocycles. The fraction of sp³-hybridized carbons (Fsp3) is 0.591. The van der Waals surface area contributed by atoms with Crippen molar-refractivity contribution < 1.29 is 37.1 Å². The Bertz CT molecular complexity index is 1070. The van der Waals surface area contributed by atoms with Gasteiger partial charge in [-0.2, -0.15) is 0 Å². The van der Waals surface area contributed by atoms with Crippen LogP contribution in [0.4, 0.5) is 0 Å². The number of nitrogens with one attached hydrogen (secondary N) is 1. The van der Waals surface area contributed by atoms with E-state index in [2.05, 4.69) is 21.4 Å². The molecular formula is C22H29BrN2O8S. The maximum atomic E-state index is 13.3. The van der Waals surface area contributed by atoms with Crippen LogP contribution in [0.25, 0.3) is 0 Å². The molecule has 1 N–H and O–H groups in total. The van der Waals surface area contributed by atoms with E-state index in [1.807, 2.05) is 30.3 Å². The summed E-state index contributed by atoms with van der Waals surface area (Å²) < 4.78 is 33.5. The average Bonchev–Trinajstić information content (AvgIpc) is 2.91. The van der Waals surface area contributed by atoms with E-state index in [4.69, 9.17) is 14.3 Å². The normalized spacial score (nSPS) is 27.0. The van der Waals surface area contributed by atoms with Gasteiger partial charge in [0, 0.05) is 6.54 Å². The summed E-state index contributed by atoms with van der Waals surface area (Å²) in [6.07, 6.45) is 0. The van der Waals surface area contributed by atoms with Crippen LogP contribution in [0.5, 0.6) is 0 Å². The van der Waals surface area contributed by atoms with Gasteiger partial charge in [-0.05, 0) is 40.2 Å². The number of hydrogen-bond donors (Lipinski definition) is 1. The van der Waals surface area contributed by atoms with Crippen LogP contribution in [0.3, 0.4) is 0 Å². The fourth-order valence-electron chi connectivity index (χ4n) is 3.87. The molecule has 1 aromatic rings. The summed E-state index contributed by atoms with van der Waals surface area (Å²) in [6.45, 7) is 7.05. The lowest BCUT2D eigenvalue weighted by Gasteiger charge is -2.48. The Kier molecular flexibility index (Phi) is 7.20. The van der Waals surface area contributed by atoms with Gasteiger partial charge in [0.05, 0.1) is 12.0 Å². The standard InChI is InChI=1S/C22H29BrN2O8S/c1-20(2,3)19(28)32-13-31-16(26)15-21(4,5)34(29,30)18-22(23,17(27)25(15)18)12-24-33-11-14-9-7-6-8-10-14/h6-10,15,18,24H,11-13H2,1-5H3/t15-,18+,22+/m0/s1. The van der Waals surface area contributed by atoms with E-state index >= 15 is 0 Å². The minimum Gasteiger partial charge on any atom is -0.427 e. The number of sulfone groups is 1. The van der Waals surface area contributed by atoms with Gasteiger partial charge < -0.3 is 14.4 Å². The predicted molar refractivity (Wildman–Crippen MR) is 125 cm³/mol. The van der Waals surface area contributed by atoms with Crippen molar-refractivity contribution in [2.45, 2.75) is 61.7 Å². The van der Waals surface area contributed by atoms with Crippen molar-refractivity contribution in [2.24, 2.45) is 5.41 Å². The van der Waals surface area contributed by atoms with Crippen LogP contribution in [0.15, 0.2) is 30.3 Å². The number of esters is 2. The van der Waals surface area contributed by atoms with Gasteiger partial charge in [-0.3, -0.25) is 14.4 Å². The van der Waals surface area contributed by atoms with Crippen LogP contribution < -0.4 is 5.48 Å². The molecule has 2 aliphatic heterocycles. The molecule has 0 bridgehead atoms. The number of ether oxygens (including phenoxy) is 2. The number of hydroxylamine groups is 1. The molecule has 0 aromatic heterocycles. The first-order chi connectivity index (χ1) is 15.7. The topological polar surface area (TPSA) is 128 Å². The number of fused-ring (bicyclic) bond motifs is 1. The minimum absolute atomic E-state index is 0.139. The predicted octanol–water partition coefficient (Wildman–Crippen LogP) is 1.68. The van der Waals surface area contributed by atoms with E-state index in [-0.39, 0.29) is 13.2 Å². The third-order valence-corrected chi connectivity index (χ3v) is 10.2. The van der Waals surface area contributed by atoms with Crippen molar-refractivity contribution in [3.63, 3.8) is 0 Å². The molecule has 2 fully saturated rings. The second-order valence-corrected chi connectivity index (χ2v) is 13.8. The monoisotopic (exact) mass is 560 g/mol. The Hall–Kier alpha value is -2.02. The van der Waals surface area contributed by atoms with Crippen LogP contribution >= 0.6 is 15.9 Å². The molecule has 12 heteroatoms. The van der Waals surface area contributed by atoms with Crippen LogP contribution in [-0.2, 0) is 45.1 Å². The number of benzene rings is 1. The molecule has 3 atom stereocenters. The average molecular weight is 561 g/mol. The van der Waals surface area contributed by atoms with Crippen molar-refractivity contribution in [3.05, 3.63) is 35.9 Å². The van der Waals surface area contributed by atoms with Crippen molar-refractivity contribution in [1.29, 1.82) is 0 Å². The summed E-state index contributed by atoms with van der Waals surface area (Å²) in [7, 11) is -4.00. The van der Waals surface area contributed by atoms with Gasteiger partial charge in [-0.25, -0.2) is 18.7 Å². The zero-order valence-electron chi connectivity index (χ0n) is 19.7. The highest BCUT2D eigenvalue weighted by Gasteiger charge is 2.77. The van der Waals surface area contributed by atoms with Crippen LogP contribution in [0.2, 0.25) is 0 Å². The number of nitrogens with zero attached hydrogens (tertiary/aromatic N) is 1. The van der Waals surface area contributed by atoms with Crippen molar-refractivity contribution >= 4 is 43.6 Å². The number of β-lactam (4-membered cyclic amide) rings is 1. The van der Waals surface area contributed by atoms with Crippen LogP contribution in [0, 0.1) is 5.41 Å². The highest BCUT2D eigenvalue weighted by atomic mass is 79.9. The molecule has 2 heterocycles. The van der Waals surface area contributed by atoms with Crippen molar-refractivity contribution in [3.8, 4) is 0 Å². The van der Waals surface area contributed by atoms with Gasteiger partial charge in [0.2, 0.25) is 12.7 Å². The van der Waals surface area contributed by atoms with E-state index in [9.17, 15) is 22.8 Å². The summed E-state index contributed by atoms with van der Waals surface area (Å²) in [5, 5.41) is -1.30. The Labute approximate surface area is 207 Å². The Morgan fingerprint density at radius 1 is 1.15 bits per heavy atom. The Morgan fingerprint density at radius 3 is 2.35 bits per heavy atom. The molecule has 0 spiro atoms. The quantitative estimate of drug-likeness (QED) is 0.126. The van der Waals surface area contributed by atoms with Gasteiger partial charge >= 0.3 is 11.9 Å². The Morgan fingerprint density at radius 2 is 1.76 bits per heavy atom. The zero-order valence-corrected chi connectivity index (χ0v) is 22.1. The summed E-state index contributed by atoms with van der Waals surface area (Å²) >= 11 is 3.29. The number of hydrogen-bond acceptors (Lipinski definition) is 9. The molecule has 0 unspecified atom stereocenters. The molecule has 0 aliphatic carbocycles. The van der Waals surface area contributed by atoms with E-state index in [0.29, 0.717) is 0 Å². The van der Waals surface area contributed by atoms with Gasteiger partial charge in [-0.15, -0.1) is 0 Å². The number of amides is 1. The molecule has 2 saturated heterocycles. The second kappa shape index (κ2) is 9.21. The molecule has 3 rings (SSSR count). The lowest BCUT2D eigenvalue weighted by atomic mass is 9.91. The van der Waals surface area contributed by atoms with Gasteiger partial charge in [-0.1, -0.05) is 46.3 Å². The van der Waals surface area contributed by atoms with Crippen molar-refractivity contribution in [2.75, 3.05) is 13.3 Å². The highest BCUT2D eigenvalue weighted by Crippen LogP contribution is 2.53. The summed E-state index contributed by atoms with van der Waals surface area (Å²) in [6, 6.07) is 7.92. The molecule has 2 aliphatic rings. The largest absolute Gasteiger partial charge is 0.427 e. The van der Waals surface area contributed by atoms with Crippen molar-refractivity contribution in [1.82, 2.24) is 10.4 Å². The van der Waals surface area contributed by atoms with E-state index in [1.54, 1.807) is 20.8 Å². The number of halogens is 1. The maximum Gasteiger partial charge on any atom is 0.333 e. The summed E-state index contributed by atoms with van der Waals surface area (Å²) in [5.74, 6) is -2.14. The third kappa shape index (κ3) is 4.48. The Balaban J connectivity index is 1.68. The van der Waals surface area contributed by atoms with E-state index in [1.165, 1.54) is 13.8 Å². The first kappa shape index (κ1) is 26.6. The highest BCUT2D eigenvalue weighted by molar-refractivity contribution is 9.10. The first-order valence-corrected chi connectivity index (χ1v) is 13.0. The zero-order chi connectivity index (χ0) is 25.5. The minimum atomic E-state index is -4.00. The summed E-state index contributed by atoms with van der Waals surface area (Å²) in [5.41, 5.74) is 2.75. The smallest absolute Gasteiger partial charge is 0.333 e. The summed E-state index contributed by atoms with van der Waals surface area (Å²) in [4.78, 5) is 44.2. The van der Waals surface area contributed by atoms with Gasteiger partial charge in [0.1, 0.15) is 10.8 Å². The molecule has 1 amide bonds. The number of rotatable bonds is 8. The fourth-order valence-corrected chi connectivity index (χ4v) is 7.44. The van der Waals surface area contributed by atoms with Gasteiger partial charge in [0.15, 0.2) is 19.5 Å². The number of carbonyl (C=O) groups excluding carboxylic acids is 3. The first-order valence-electron chi connectivity index (χ1n) is 10.6. The number of carbonyl (C=O) groups is 3. The van der Waals surface area contributed by atoms with Gasteiger partial charge in [0.25, 0.3) is 0 Å². The molecule has 0 radical (unpaired) electrons. The molecule has 188 valence electrons. The lowest BCUT2D eigenvalue weighted by molar-refractivity contribution is -0.180. The SMILES string of the molecule is CC(C)(C)C(=O)OCOC(=O)[C@@H]1N2C(=O)[C@](Br)(CNOCc3ccccc3)[C@H]2S(=O)(=O)C1(C)C. The van der Waals surface area contributed by atoms with Crippen LogP contribution in [-0.4, -0.2) is 65.0 Å². The lowest BCUT2D eigenvalue weighted by Crippen LogP contribution is -2.75.